The van der Waals surface area contributed by atoms with Crippen molar-refractivity contribution in [3.63, 3.8) is 0 Å². The molecule has 1 fully saturated rings. The number of carboxylic acids is 1. The average molecular weight is 389 g/mol. The van der Waals surface area contributed by atoms with E-state index >= 15 is 0 Å². The first-order valence-corrected chi connectivity index (χ1v) is 9.71. The summed E-state index contributed by atoms with van der Waals surface area (Å²) in [7, 11) is 0. The van der Waals surface area contributed by atoms with E-state index in [0.717, 1.165) is 54.1 Å². The maximum absolute atomic E-state index is 13.1. The fraction of sp³-hybridized carbons (Fsp3) is 0.389. The third-order valence-electron chi connectivity index (χ3n) is 4.68. The molecule has 3 aromatic rings. The van der Waals surface area contributed by atoms with Gasteiger partial charge in [-0.15, -0.1) is 5.10 Å². The summed E-state index contributed by atoms with van der Waals surface area (Å²) < 4.78 is 14.8. The van der Waals surface area contributed by atoms with E-state index in [0.29, 0.717) is 6.42 Å². The average Bonchev–Trinajstić information content (AvgIpc) is 3.22. The van der Waals surface area contributed by atoms with E-state index in [1.165, 1.54) is 12.1 Å². The van der Waals surface area contributed by atoms with Crippen LogP contribution in [0.1, 0.15) is 12.8 Å². The lowest BCUT2D eigenvalue weighted by molar-refractivity contribution is -0.137. The van der Waals surface area contributed by atoms with Crippen LogP contribution in [0.4, 0.5) is 9.52 Å². The third kappa shape index (κ3) is 4.09. The number of hydrogen-bond donors (Lipinski definition) is 1. The number of nitrogens with zero attached hydrogens (tertiary/aromatic N) is 5. The van der Waals surface area contributed by atoms with Crippen molar-refractivity contribution in [2.24, 2.45) is 0 Å². The Hall–Kier alpha value is -2.52. The second-order valence-electron chi connectivity index (χ2n) is 6.57. The van der Waals surface area contributed by atoms with Crippen molar-refractivity contribution in [2.45, 2.75) is 12.8 Å². The normalized spacial score (nSPS) is 15.5. The van der Waals surface area contributed by atoms with Gasteiger partial charge in [-0.05, 0) is 37.2 Å². The molecule has 27 heavy (non-hydrogen) atoms. The molecule has 2 aromatic heterocycles. The van der Waals surface area contributed by atoms with Crippen LogP contribution in [0.5, 0.6) is 0 Å². The summed E-state index contributed by atoms with van der Waals surface area (Å²) >= 11 is 1.54. The van der Waals surface area contributed by atoms with Crippen molar-refractivity contribution < 1.29 is 14.3 Å². The van der Waals surface area contributed by atoms with E-state index in [1.54, 1.807) is 28.0 Å². The fourth-order valence-corrected chi connectivity index (χ4v) is 4.13. The quantitative estimate of drug-likeness (QED) is 0.699. The monoisotopic (exact) mass is 389 g/mol. The van der Waals surface area contributed by atoms with Crippen LogP contribution in [0.25, 0.3) is 16.2 Å². The minimum Gasteiger partial charge on any atom is -0.481 e. The lowest BCUT2D eigenvalue weighted by Crippen LogP contribution is -2.46. The van der Waals surface area contributed by atoms with Crippen molar-refractivity contribution in [1.29, 1.82) is 0 Å². The zero-order chi connectivity index (χ0) is 18.8. The Morgan fingerprint density at radius 3 is 2.59 bits per heavy atom. The summed E-state index contributed by atoms with van der Waals surface area (Å²) in [4.78, 5) is 20.6. The molecule has 0 saturated carbocycles. The molecule has 1 saturated heterocycles. The first-order chi connectivity index (χ1) is 13.1. The summed E-state index contributed by atoms with van der Waals surface area (Å²) in [6.07, 6.45) is 2.78. The number of aliphatic carboxylic acids is 1. The van der Waals surface area contributed by atoms with Crippen LogP contribution in [-0.4, -0.2) is 63.3 Å². The molecule has 9 heteroatoms. The number of imidazole rings is 1. The fourth-order valence-electron chi connectivity index (χ4n) is 3.19. The number of aromatic nitrogens is 3. The molecule has 0 atom stereocenters. The van der Waals surface area contributed by atoms with Crippen molar-refractivity contribution in [3.8, 4) is 11.3 Å². The minimum absolute atomic E-state index is 0.223. The van der Waals surface area contributed by atoms with Crippen LogP contribution in [0, 0.1) is 5.82 Å². The standard InChI is InChI=1S/C18H20FN5O2S/c19-14-5-3-13(4-6-14)15-12-24-17(20-15)27-18(21-24)23-10-8-22(9-11-23)7-1-2-16(25)26/h3-6,12H,1-2,7-11H2,(H,25,26). The number of rotatable bonds is 6. The maximum atomic E-state index is 13.1. The minimum atomic E-state index is -0.736. The Labute approximate surface area is 159 Å². The van der Waals surface area contributed by atoms with Gasteiger partial charge in [0.05, 0.1) is 11.9 Å². The first-order valence-electron chi connectivity index (χ1n) is 8.90. The highest BCUT2D eigenvalue weighted by molar-refractivity contribution is 7.20. The van der Waals surface area contributed by atoms with Gasteiger partial charge in [-0.2, -0.15) is 0 Å². The van der Waals surface area contributed by atoms with E-state index in [2.05, 4.69) is 19.9 Å². The SMILES string of the molecule is O=C(O)CCCN1CCN(c2nn3cc(-c4ccc(F)cc4)nc3s2)CC1. The van der Waals surface area contributed by atoms with Crippen molar-refractivity contribution in [2.75, 3.05) is 37.6 Å². The smallest absolute Gasteiger partial charge is 0.303 e. The van der Waals surface area contributed by atoms with Crippen LogP contribution in [0.15, 0.2) is 30.5 Å². The van der Waals surface area contributed by atoms with Crippen LogP contribution in [-0.2, 0) is 4.79 Å². The van der Waals surface area contributed by atoms with Crippen LogP contribution < -0.4 is 4.90 Å². The van der Waals surface area contributed by atoms with Crippen molar-refractivity contribution >= 4 is 27.4 Å². The number of fused-ring (bicyclic) bond motifs is 1. The Morgan fingerprint density at radius 2 is 1.93 bits per heavy atom. The van der Waals surface area contributed by atoms with E-state index in [9.17, 15) is 9.18 Å². The topological polar surface area (TPSA) is 74.0 Å². The molecule has 1 aromatic carbocycles. The highest BCUT2D eigenvalue weighted by Gasteiger charge is 2.21. The molecule has 0 amide bonds. The molecule has 1 N–H and O–H groups in total. The molecule has 3 heterocycles. The first kappa shape index (κ1) is 17.9. The van der Waals surface area contributed by atoms with Crippen molar-refractivity contribution in [1.82, 2.24) is 19.5 Å². The van der Waals surface area contributed by atoms with Crippen LogP contribution in [0.3, 0.4) is 0 Å². The van der Waals surface area contributed by atoms with Gasteiger partial charge in [0.25, 0.3) is 0 Å². The zero-order valence-electron chi connectivity index (χ0n) is 14.7. The van der Waals surface area contributed by atoms with E-state index in [4.69, 9.17) is 5.11 Å². The molecule has 7 nitrogen and oxygen atoms in total. The molecular formula is C18H20FN5O2S. The largest absolute Gasteiger partial charge is 0.481 e. The predicted molar refractivity (Wildman–Crippen MR) is 102 cm³/mol. The molecular weight excluding hydrogens is 369 g/mol. The number of carboxylic acid groups (broad SMARTS) is 1. The number of piperazine rings is 1. The second kappa shape index (κ2) is 7.61. The summed E-state index contributed by atoms with van der Waals surface area (Å²) in [5.41, 5.74) is 1.65. The summed E-state index contributed by atoms with van der Waals surface area (Å²) in [5.74, 6) is -0.998. The highest BCUT2D eigenvalue weighted by Crippen LogP contribution is 2.27. The Balaban J connectivity index is 1.38. The molecule has 1 aliphatic heterocycles. The van der Waals surface area contributed by atoms with Gasteiger partial charge in [0.2, 0.25) is 10.1 Å². The third-order valence-corrected chi connectivity index (χ3v) is 5.66. The Morgan fingerprint density at radius 1 is 1.19 bits per heavy atom. The molecule has 0 aliphatic carbocycles. The predicted octanol–water partition coefficient (Wildman–Crippen LogP) is 2.58. The van der Waals surface area contributed by atoms with Gasteiger partial charge < -0.3 is 10.0 Å². The molecule has 0 unspecified atom stereocenters. The number of anilines is 1. The van der Waals surface area contributed by atoms with Gasteiger partial charge in [-0.3, -0.25) is 9.69 Å². The molecule has 4 rings (SSSR count). The summed E-state index contributed by atoms with van der Waals surface area (Å²) in [6, 6.07) is 6.29. The number of halogens is 1. The van der Waals surface area contributed by atoms with Crippen LogP contribution >= 0.6 is 11.3 Å². The second-order valence-corrected chi connectivity index (χ2v) is 7.51. The Kier molecular flexibility index (Phi) is 5.04. The maximum Gasteiger partial charge on any atom is 0.303 e. The molecule has 0 radical (unpaired) electrons. The summed E-state index contributed by atoms with van der Waals surface area (Å²) in [5, 5.41) is 14.3. The lowest BCUT2D eigenvalue weighted by atomic mass is 10.2. The van der Waals surface area contributed by atoms with Gasteiger partial charge in [0, 0.05) is 38.2 Å². The Bertz CT molecular complexity index is 900. The number of benzene rings is 1. The van der Waals surface area contributed by atoms with Gasteiger partial charge in [0.15, 0.2) is 0 Å². The molecule has 142 valence electrons. The molecule has 0 bridgehead atoms. The van der Waals surface area contributed by atoms with E-state index in [-0.39, 0.29) is 12.2 Å². The highest BCUT2D eigenvalue weighted by atomic mass is 32.1. The van der Waals surface area contributed by atoms with Gasteiger partial charge in [-0.1, -0.05) is 11.3 Å². The number of hydrogen-bond acceptors (Lipinski definition) is 6. The summed E-state index contributed by atoms with van der Waals surface area (Å²) in [6.45, 7) is 4.37. The zero-order valence-corrected chi connectivity index (χ0v) is 15.5. The van der Waals surface area contributed by atoms with Gasteiger partial charge in [0.1, 0.15) is 5.82 Å². The van der Waals surface area contributed by atoms with Gasteiger partial charge >= 0.3 is 5.97 Å². The van der Waals surface area contributed by atoms with E-state index < -0.39 is 5.97 Å². The molecule has 0 spiro atoms. The van der Waals surface area contributed by atoms with E-state index in [1.807, 2.05) is 6.20 Å². The lowest BCUT2D eigenvalue weighted by Gasteiger charge is -2.34. The van der Waals surface area contributed by atoms with Crippen LogP contribution in [0.2, 0.25) is 0 Å². The van der Waals surface area contributed by atoms with Gasteiger partial charge in [-0.25, -0.2) is 13.9 Å². The van der Waals surface area contributed by atoms with Crippen molar-refractivity contribution in [3.05, 3.63) is 36.3 Å². The molecule has 1 aliphatic rings. The number of carbonyl (C=O) groups is 1.